The second-order valence-corrected chi connectivity index (χ2v) is 9.37. The molecule has 190 valence electrons. The van der Waals surface area contributed by atoms with E-state index < -0.39 is 0 Å². The second kappa shape index (κ2) is 9.56. The van der Waals surface area contributed by atoms with Crippen molar-refractivity contribution < 1.29 is 4.79 Å². The molecule has 37 heavy (non-hydrogen) atoms. The maximum atomic E-state index is 13.7. The molecule has 0 bridgehead atoms. The van der Waals surface area contributed by atoms with E-state index >= 15 is 0 Å². The van der Waals surface area contributed by atoms with Crippen LogP contribution in [0.4, 0.5) is 5.82 Å². The van der Waals surface area contributed by atoms with Crippen LogP contribution in [0.2, 0.25) is 5.02 Å². The number of hydrogen-bond donors (Lipinski definition) is 1. The third kappa shape index (κ3) is 3.94. The minimum absolute atomic E-state index is 0. The highest BCUT2D eigenvalue weighted by atomic mass is 35.5. The highest BCUT2D eigenvalue weighted by Gasteiger charge is 2.34. The molecule has 5 heterocycles. The van der Waals surface area contributed by atoms with Crippen molar-refractivity contribution in [2.45, 2.75) is 18.9 Å². The summed E-state index contributed by atoms with van der Waals surface area (Å²) >= 11 is 6.36. The summed E-state index contributed by atoms with van der Waals surface area (Å²) in [7, 11) is 3.42. The van der Waals surface area contributed by atoms with Crippen LogP contribution in [0.1, 0.15) is 35.1 Å². The fourth-order valence-corrected chi connectivity index (χ4v) is 5.18. The molecule has 1 fully saturated rings. The summed E-state index contributed by atoms with van der Waals surface area (Å²) in [5, 5.41) is 5.88. The van der Waals surface area contributed by atoms with Crippen LogP contribution in [0.15, 0.2) is 59.9 Å². The van der Waals surface area contributed by atoms with Gasteiger partial charge >= 0.3 is 0 Å². The van der Waals surface area contributed by atoms with Crippen LogP contribution in [0.3, 0.4) is 0 Å². The Balaban J connectivity index is 0.00000280. The molecule has 1 atom stereocenters. The molecule has 1 aliphatic heterocycles. The number of aromatic amines is 1. The molecule has 0 saturated carbocycles. The standard InChI is InChI=1S/C25H23ClN8O2.H2S/c1-31(2)24(35)16-13-27-21-19(16)23(29-14-28-21)32-11-6-9-18(32)22-30-33-12-10-17(26)20(33)25(36)34(22)15-7-4-3-5-8-15;/h3-5,7-8,10,12-14,18H,6,9,11H2,1-2H3,(H,27,28,29);1H2/t18-;/m0./s1. The van der Waals surface area contributed by atoms with E-state index in [1.807, 2.05) is 30.3 Å². The molecule has 1 aliphatic rings. The van der Waals surface area contributed by atoms with E-state index in [0.717, 1.165) is 12.8 Å². The maximum absolute atomic E-state index is 13.7. The van der Waals surface area contributed by atoms with Crippen LogP contribution in [-0.4, -0.2) is 60.6 Å². The molecule has 6 rings (SSSR count). The number of halogens is 1. The van der Waals surface area contributed by atoms with Crippen molar-refractivity contribution in [3.63, 3.8) is 0 Å². The van der Waals surface area contributed by atoms with Crippen molar-refractivity contribution in [1.82, 2.24) is 34.0 Å². The zero-order valence-electron chi connectivity index (χ0n) is 20.2. The first kappa shape index (κ1) is 24.8. The SMILES string of the molecule is CN(C)C(=O)c1c[nH]c2ncnc(N3CCC[C@H]3c3nn4ccc(Cl)c4c(=O)n3-c3ccccc3)c12.S. The largest absolute Gasteiger partial charge is 0.346 e. The molecule has 0 aliphatic carbocycles. The molecule has 12 heteroatoms. The lowest BCUT2D eigenvalue weighted by Crippen LogP contribution is -2.33. The first-order valence-corrected chi connectivity index (χ1v) is 12.0. The monoisotopic (exact) mass is 536 g/mol. The Hall–Kier alpha value is -3.83. The Labute approximate surface area is 223 Å². The van der Waals surface area contributed by atoms with Crippen molar-refractivity contribution in [3.8, 4) is 5.69 Å². The van der Waals surface area contributed by atoms with Gasteiger partial charge in [-0.25, -0.2) is 14.5 Å². The van der Waals surface area contributed by atoms with Crippen molar-refractivity contribution in [2.24, 2.45) is 0 Å². The van der Waals surface area contributed by atoms with Gasteiger partial charge in [0, 0.05) is 33.0 Å². The molecular weight excluding hydrogens is 512 g/mol. The number of anilines is 1. The topological polar surface area (TPSA) is 104 Å². The van der Waals surface area contributed by atoms with Crippen LogP contribution in [-0.2, 0) is 0 Å². The molecule has 5 aromatic rings. The van der Waals surface area contributed by atoms with Crippen molar-refractivity contribution in [2.75, 3.05) is 25.5 Å². The van der Waals surface area contributed by atoms with Crippen molar-refractivity contribution in [3.05, 3.63) is 81.9 Å². The Morgan fingerprint density at radius 3 is 2.70 bits per heavy atom. The van der Waals surface area contributed by atoms with Gasteiger partial charge in [-0.3, -0.25) is 14.2 Å². The van der Waals surface area contributed by atoms with E-state index in [2.05, 4.69) is 19.9 Å². The average molecular weight is 537 g/mol. The smallest absolute Gasteiger partial charge is 0.284 e. The molecule has 1 aromatic carbocycles. The Bertz CT molecular complexity index is 1680. The van der Waals surface area contributed by atoms with Gasteiger partial charge < -0.3 is 14.8 Å². The lowest BCUT2D eigenvalue weighted by molar-refractivity contribution is 0.0829. The molecule has 1 N–H and O–H groups in total. The zero-order valence-corrected chi connectivity index (χ0v) is 22.0. The summed E-state index contributed by atoms with van der Waals surface area (Å²) in [6.07, 6.45) is 6.47. The Morgan fingerprint density at radius 1 is 1.16 bits per heavy atom. The van der Waals surface area contributed by atoms with Gasteiger partial charge in [0.25, 0.3) is 11.5 Å². The first-order valence-electron chi connectivity index (χ1n) is 11.6. The number of H-pyrrole nitrogens is 1. The number of rotatable bonds is 4. The van der Waals surface area contributed by atoms with Gasteiger partial charge in [-0.1, -0.05) is 29.8 Å². The fraction of sp³-hybridized carbons (Fsp3) is 0.240. The maximum Gasteiger partial charge on any atom is 0.284 e. The highest BCUT2D eigenvalue weighted by molar-refractivity contribution is 7.59. The summed E-state index contributed by atoms with van der Waals surface area (Å²) in [4.78, 5) is 42.4. The highest BCUT2D eigenvalue weighted by Crippen LogP contribution is 2.38. The third-order valence-electron chi connectivity index (χ3n) is 6.59. The number of amides is 1. The van der Waals surface area contributed by atoms with Crippen LogP contribution in [0.5, 0.6) is 0 Å². The second-order valence-electron chi connectivity index (χ2n) is 8.97. The number of aromatic nitrogens is 6. The van der Waals surface area contributed by atoms with E-state index in [0.29, 0.717) is 51.0 Å². The van der Waals surface area contributed by atoms with Gasteiger partial charge in [0.15, 0.2) is 5.82 Å². The Morgan fingerprint density at radius 2 is 1.95 bits per heavy atom. The molecular formula is C25H25ClN8O2S. The number of nitrogens with zero attached hydrogens (tertiary/aromatic N) is 7. The van der Waals surface area contributed by atoms with Crippen LogP contribution < -0.4 is 10.5 Å². The van der Waals surface area contributed by atoms with E-state index in [1.54, 1.807) is 41.6 Å². The van der Waals surface area contributed by atoms with Crippen LogP contribution in [0, 0.1) is 0 Å². The number of nitrogens with one attached hydrogen (secondary N) is 1. The zero-order chi connectivity index (χ0) is 25.0. The van der Waals surface area contributed by atoms with E-state index in [4.69, 9.17) is 16.7 Å². The van der Waals surface area contributed by atoms with Crippen molar-refractivity contribution in [1.29, 1.82) is 0 Å². The van der Waals surface area contributed by atoms with Gasteiger partial charge in [0.1, 0.15) is 23.3 Å². The van der Waals surface area contributed by atoms with Gasteiger partial charge in [0.05, 0.1) is 27.7 Å². The average Bonchev–Trinajstić information content (AvgIpc) is 3.62. The number of carbonyl (C=O) groups is 1. The van der Waals surface area contributed by atoms with Crippen molar-refractivity contribution >= 4 is 53.4 Å². The molecule has 0 spiro atoms. The van der Waals surface area contributed by atoms with E-state index in [-0.39, 0.29) is 31.0 Å². The number of hydrogen-bond acceptors (Lipinski definition) is 6. The third-order valence-corrected chi connectivity index (χ3v) is 6.89. The summed E-state index contributed by atoms with van der Waals surface area (Å²) in [6, 6.07) is 10.8. The predicted octanol–water partition coefficient (Wildman–Crippen LogP) is 3.57. The van der Waals surface area contributed by atoms with Gasteiger partial charge in [-0.2, -0.15) is 18.6 Å². The normalized spacial score (nSPS) is 15.3. The van der Waals surface area contributed by atoms with Gasteiger partial charge in [-0.05, 0) is 31.0 Å². The lowest BCUT2D eigenvalue weighted by atomic mass is 10.1. The molecule has 0 radical (unpaired) electrons. The van der Waals surface area contributed by atoms with E-state index in [9.17, 15) is 9.59 Å². The van der Waals surface area contributed by atoms with E-state index in [1.165, 1.54) is 11.2 Å². The summed E-state index contributed by atoms with van der Waals surface area (Å²) in [5.41, 5.74) is 1.86. The van der Waals surface area contributed by atoms with Gasteiger partial charge in [0.2, 0.25) is 0 Å². The number of para-hydroxylation sites is 1. The first-order chi connectivity index (χ1) is 17.5. The number of benzene rings is 1. The molecule has 4 aromatic heterocycles. The molecule has 0 unspecified atom stereocenters. The molecule has 10 nitrogen and oxygen atoms in total. The lowest BCUT2D eigenvalue weighted by Gasteiger charge is -2.28. The molecule has 1 saturated heterocycles. The van der Waals surface area contributed by atoms with Crippen LogP contribution >= 0.6 is 25.1 Å². The van der Waals surface area contributed by atoms with Gasteiger partial charge in [-0.15, -0.1) is 0 Å². The molecule has 1 amide bonds. The summed E-state index contributed by atoms with van der Waals surface area (Å²) in [5.74, 6) is 1.07. The predicted molar refractivity (Wildman–Crippen MR) is 147 cm³/mol. The minimum Gasteiger partial charge on any atom is -0.346 e. The summed E-state index contributed by atoms with van der Waals surface area (Å²) in [6.45, 7) is 0.687. The fourth-order valence-electron chi connectivity index (χ4n) is 4.95. The number of fused-ring (bicyclic) bond motifs is 2. The number of carbonyl (C=O) groups excluding carboxylic acids is 1. The summed E-state index contributed by atoms with van der Waals surface area (Å²) < 4.78 is 3.17. The minimum atomic E-state index is -0.265. The Kier molecular flexibility index (Phi) is 6.42. The quantitative estimate of drug-likeness (QED) is 0.376. The van der Waals surface area contributed by atoms with Crippen LogP contribution in [0.25, 0.3) is 22.2 Å².